The minimum atomic E-state index is 0.179. The van der Waals surface area contributed by atoms with Crippen LogP contribution in [0.5, 0.6) is 0 Å². The minimum absolute atomic E-state index is 0.179. The molecule has 2 atom stereocenters. The minimum Gasteiger partial charge on any atom is -0.271 e. The summed E-state index contributed by atoms with van der Waals surface area (Å²) >= 11 is 0. The Morgan fingerprint density at radius 1 is 1.27 bits per heavy atom. The summed E-state index contributed by atoms with van der Waals surface area (Å²) in [6.45, 7) is 8.60. The Kier molecular flexibility index (Phi) is 4.24. The van der Waals surface area contributed by atoms with Crippen molar-refractivity contribution in [1.29, 1.82) is 0 Å². The molecule has 1 aromatic heterocycles. The molecule has 1 heterocycles. The molecule has 0 bridgehead atoms. The first-order valence-corrected chi connectivity index (χ1v) is 5.45. The number of nitrogens with one attached hydrogen (secondary N) is 1. The number of hydrogen-bond acceptors (Lipinski definition) is 3. The molecule has 0 aromatic carbocycles. The molecule has 0 aliphatic heterocycles. The van der Waals surface area contributed by atoms with E-state index in [1.807, 2.05) is 19.2 Å². The van der Waals surface area contributed by atoms with E-state index in [1.165, 1.54) is 0 Å². The summed E-state index contributed by atoms with van der Waals surface area (Å²) in [6.07, 6.45) is 1.90. The molecule has 0 saturated heterocycles. The second-order valence-corrected chi connectivity index (χ2v) is 4.48. The first-order chi connectivity index (χ1) is 7.06. The lowest BCUT2D eigenvalue weighted by atomic mass is 9.87. The van der Waals surface area contributed by atoms with E-state index in [1.54, 1.807) is 0 Å². The van der Waals surface area contributed by atoms with Gasteiger partial charge in [0.15, 0.2) is 0 Å². The van der Waals surface area contributed by atoms with Crippen LogP contribution in [0.2, 0.25) is 0 Å². The maximum Gasteiger partial charge on any atom is 0.0503 e. The average molecular weight is 207 g/mol. The van der Waals surface area contributed by atoms with Crippen LogP contribution in [-0.2, 0) is 0 Å². The molecule has 15 heavy (non-hydrogen) atoms. The third-order valence-electron chi connectivity index (χ3n) is 3.05. The number of hydrogen-bond donors (Lipinski definition) is 2. The number of nitrogens with zero attached hydrogens (tertiary/aromatic N) is 1. The van der Waals surface area contributed by atoms with E-state index in [-0.39, 0.29) is 6.04 Å². The lowest BCUT2D eigenvalue weighted by molar-refractivity contribution is 0.306. The molecule has 0 radical (unpaired) electrons. The predicted octanol–water partition coefficient (Wildman–Crippen LogP) is 2.19. The summed E-state index contributed by atoms with van der Waals surface area (Å²) in [5, 5.41) is 0. The van der Waals surface area contributed by atoms with Crippen LogP contribution < -0.4 is 11.3 Å². The van der Waals surface area contributed by atoms with Gasteiger partial charge < -0.3 is 0 Å². The predicted molar refractivity (Wildman–Crippen MR) is 63.0 cm³/mol. The molecule has 0 saturated carbocycles. The van der Waals surface area contributed by atoms with Crippen LogP contribution >= 0.6 is 0 Å². The van der Waals surface area contributed by atoms with Crippen molar-refractivity contribution in [2.45, 2.75) is 33.7 Å². The maximum absolute atomic E-state index is 5.60. The Balaban J connectivity index is 2.87. The fourth-order valence-electron chi connectivity index (χ4n) is 1.60. The summed E-state index contributed by atoms with van der Waals surface area (Å²) < 4.78 is 0. The van der Waals surface area contributed by atoms with Gasteiger partial charge in [-0.3, -0.25) is 16.3 Å². The molecule has 0 amide bonds. The first kappa shape index (κ1) is 12.1. The zero-order chi connectivity index (χ0) is 11.4. The smallest absolute Gasteiger partial charge is 0.0503 e. The highest BCUT2D eigenvalue weighted by molar-refractivity contribution is 5.17. The van der Waals surface area contributed by atoms with Crippen molar-refractivity contribution < 1.29 is 0 Å². The average Bonchev–Trinajstić information content (AvgIpc) is 2.21. The van der Waals surface area contributed by atoms with Crippen molar-refractivity contribution in [2.75, 3.05) is 0 Å². The zero-order valence-electron chi connectivity index (χ0n) is 9.99. The van der Waals surface area contributed by atoms with Crippen molar-refractivity contribution in [3.8, 4) is 0 Å². The van der Waals surface area contributed by atoms with Gasteiger partial charge >= 0.3 is 0 Å². The number of rotatable bonds is 4. The molecule has 3 nitrogen and oxygen atoms in total. The van der Waals surface area contributed by atoms with E-state index in [4.69, 9.17) is 5.84 Å². The van der Waals surface area contributed by atoms with E-state index in [9.17, 15) is 0 Å². The van der Waals surface area contributed by atoms with Crippen LogP contribution in [-0.4, -0.2) is 4.98 Å². The summed E-state index contributed by atoms with van der Waals surface area (Å²) in [5.41, 5.74) is 5.07. The number of pyridine rings is 1. The Labute approximate surface area is 92.1 Å². The van der Waals surface area contributed by atoms with Gasteiger partial charge in [0.2, 0.25) is 0 Å². The monoisotopic (exact) mass is 207 g/mol. The van der Waals surface area contributed by atoms with Gasteiger partial charge in [0.05, 0.1) is 6.04 Å². The molecule has 0 fully saturated rings. The molecule has 3 heteroatoms. The highest BCUT2D eigenvalue weighted by Gasteiger charge is 2.20. The SMILES string of the molecule is Cc1ccc(C(NN)C(C)C(C)C)cn1. The number of hydrazine groups is 1. The van der Waals surface area contributed by atoms with E-state index in [0.717, 1.165) is 11.3 Å². The van der Waals surface area contributed by atoms with Crippen LogP contribution in [0.1, 0.15) is 38.1 Å². The van der Waals surface area contributed by atoms with Gasteiger partial charge in [0, 0.05) is 11.9 Å². The molecule has 1 rings (SSSR count). The number of aromatic nitrogens is 1. The molecule has 2 unspecified atom stereocenters. The molecule has 0 aliphatic carbocycles. The molecule has 0 spiro atoms. The topological polar surface area (TPSA) is 50.9 Å². The summed E-state index contributed by atoms with van der Waals surface area (Å²) in [5.74, 6) is 6.68. The first-order valence-electron chi connectivity index (χ1n) is 5.45. The van der Waals surface area contributed by atoms with E-state index in [2.05, 4.69) is 37.2 Å². The molecule has 84 valence electrons. The third-order valence-corrected chi connectivity index (χ3v) is 3.05. The second-order valence-electron chi connectivity index (χ2n) is 4.48. The maximum atomic E-state index is 5.60. The van der Waals surface area contributed by atoms with Crippen molar-refractivity contribution in [2.24, 2.45) is 17.7 Å². The Hall–Kier alpha value is -0.930. The normalized spacial score (nSPS) is 15.3. The van der Waals surface area contributed by atoms with Crippen molar-refractivity contribution in [3.05, 3.63) is 29.6 Å². The fraction of sp³-hybridized carbons (Fsp3) is 0.583. The van der Waals surface area contributed by atoms with Crippen molar-refractivity contribution in [1.82, 2.24) is 10.4 Å². The van der Waals surface area contributed by atoms with E-state index < -0.39 is 0 Å². The zero-order valence-corrected chi connectivity index (χ0v) is 9.99. The molecule has 3 N–H and O–H groups in total. The van der Waals surface area contributed by atoms with Gasteiger partial charge in [-0.2, -0.15) is 0 Å². The van der Waals surface area contributed by atoms with Gasteiger partial charge in [-0.25, -0.2) is 0 Å². The number of aryl methyl sites for hydroxylation is 1. The van der Waals surface area contributed by atoms with Crippen LogP contribution in [0.3, 0.4) is 0 Å². The summed E-state index contributed by atoms with van der Waals surface area (Å²) in [7, 11) is 0. The van der Waals surface area contributed by atoms with E-state index in [0.29, 0.717) is 11.8 Å². The van der Waals surface area contributed by atoms with Crippen LogP contribution in [0.25, 0.3) is 0 Å². The molecular weight excluding hydrogens is 186 g/mol. The fourth-order valence-corrected chi connectivity index (χ4v) is 1.60. The van der Waals surface area contributed by atoms with Gasteiger partial charge in [-0.15, -0.1) is 0 Å². The Morgan fingerprint density at radius 3 is 2.33 bits per heavy atom. The lowest BCUT2D eigenvalue weighted by Crippen LogP contribution is -2.34. The molecule has 1 aromatic rings. The van der Waals surface area contributed by atoms with Gasteiger partial charge in [0.1, 0.15) is 0 Å². The van der Waals surface area contributed by atoms with Gasteiger partial charge in [-0.05, 0) is 30.4 Å². The standard InChI is InChI=1S/C12H21N3/c1-8(2)10(4)12(15-13)11-6-5-9(3)14-7-11/h5-8,10,12,15H,13H2,1-4H3. The Bertz CT molecular complexity index is 292. The second kappa shape index (κ2) is 5.24. The van der Waals surface area contributed by atoms with Crippen molar-refractivity contribution in [3.63, 3.8) is 0 Å². The molecular formula is C12H21N3. The lowest BCUT2D eigenvalue weighted by Gasteiger charge is -2.26. The highest BCUT2D eigenvalue weighted by atomic mass is 15.2. The highest BCUT2D eigenvalue weighted by Crippen LogP contribution is 2.26. The number of nitrogens with two attached hydrogens (primary N) is 1. The summed E-state index contributed by atoms with van der Waals surface area (Å²) in [6, 6.07) is 4.29. The Morgan fingerprint density at radius 2 is 1.93 bits per heavy atom. The molecule has 0 aliphatic rings. The summed E-state index contributed by atoms with van der Waals surface area (Å²) in [4.78, 5) is 4.29. The quantitative estimate of drug-likeness (QED) is 0.588. The van der Waals surface area contributed by atoms with Gasteiger partial charge in [-0.1, -0.05) is 26.8 Å². The largest absolute Gasteiger partial charge is 0.271 e. The van der Waals surface area contributed by atoms with Gasteiger partial charge in [0.25, 0.3) is 0 Å². The van der Waals surface area contributed by atoms with Crippen LogP contribution in [0, 0.1) is 18.8 Å². The van der Waals surface area contributed by atoms with Crippen LogP contribution in [0.15, 0.2) is 18.3 Å². The third kappa shape index (κ3) is 3.01. The van der Waals surface area contributed by atoms with Crippen LogP contribution in [0.4, 0.5) is 0 Å². The van der Waals surface area contributed by atoms with Crippen molar-refractivity contribution >= 4 is 0 Å². The van der Waals surface area contributed by atoms with E-state index >= 15 is 0 Å².